The van der Waals surface area contributed by atoms with Crippen LogP contribution in [0.4, 0.5) is 5.69 Å². The van der Waals surface area contributed by atoms with Gasteiger partial charge in [-0.05, 0) is 31.4 Å². The van der Waals surface area contributed by atoms with E-state index in [1.54, 1.807) is 36.0 Å². The van der Waals surface area contributed by atoms with Crippen LogP contribution in [0.2, 0.25) is 0 Å². The Kier molecular flexibility index (Phi) is 7.22. The van der Waals surface area contributed by atoms with Gasteiger partial charge < -0.3 is 10.4 Å². The Morgan fingerprint density at radius 3 is 2.68 bits per heavy atom. The minimum absolute atomic E-state index is 0.212. The monoisotopic (exact) mass is 304 g/mol. The van der Waals surface area contributed by atoms with E-state index < -0.39 is 10.0 Å². The Balaban J connectivity index is 2.55. The Hall–Kier alpha value is -0.760. The lowest BCUT2D eigenvalue weighted by Gasteiger charge is -2.11. The molecule has 0 saturated heterocycles. The van der Waals surface area contributed by atoms with E-state index in [4.69, 9.17) is 5.11 Å². The van der Waals surface area contributed by atoms with Crippen LogP contribution in [0.5, 0.6) is 0 Å². The molecule has 0 heterocycles. The number of aliphatic hydroxyl groups is 1. The average molecular weight is 304 g/mol. The summed E-state index contributed by atoms with van der Waals surface area (Å²) in [5, 5.41) is 11.8. The Labute approximate surface area is 118 Å². The number of benzene rings is 1. The highest BCUT2D eigenvalue weighted by Crippen LogP contribution is 2.20. The van der Waals surface area contributed by atoms with Gasteiger partial charge in [0.15, 0.2) is 0 Å². The smallest absolute Gasteiger partial charge is 0.242 e. The van der Waals surface area contributed by atoms with Gasteiger partial charge in [-0.15, -0.1) is 0 Å². The molecule has 0 aliphatic carbocycles. The summed E-state index contributed by atoms with van der Waals surface area (Å²) >= 11 is 1.73. The molecular weight excluding hydrogens is 284 g/mol. The third-order valence-corrected chi connectivity index (χ3v) is 5.00. The topological polar surface area (TPSA) is 78.4 Å². The summed E-state index contributed by atoms with van der Waals surface area (Å²) in [6.07, 6.45) is 0.787. The predicted molar refractivity (Wildman–Crippen MR) is 80.2 cm³/mol. The number of anilines is 1. The second-order valence-electron chi connectivity index (χ2n) is 3.82. The Morgan fingerprint density at radius 1 is 1.26 bits per heavy atom. The van der Waals surface area contributed by atoms with Crippen LogP contribution in [-0.2, 0) is 10.0 Å². The molecule has 0 saturated carbocycles. The van der Waals surface area contributed by atoms with E-state index in [2.05, 4.69) is 10.0 Å². The quantitative estimate of drug-likeness (QED) is 0.596. The molecule has 108 valence electrons. The summed E-state index contributed by atoms with van der Waals surface area (Å²) in [4.78, 5) is 0.262. The molecule has 7 heteroatoms. The molecule has 0 spiro atoms. The number of thioether (sulfide) groups is 1. The summed E-state index contributed by atoms with van der Waals surface area (Å²) < 4.78 is 25.9. The molecule has 0 amide bonds. The van der Waals surface area contributed by atoms with Crippen molar-refractivity contribution in [3.63, 3.8) is 0 Å². The first-order chi connectivity index (χ1) is 9.11. The van der Waals surface area contributed by atoms with Crippen LogP contribution in [0.3, 0.4) is 0 Å². The third-order valence-electron chi connectivity index (χ3n) is 2.45. The minimum Gasteiger partial charge on any atom is -0.396 e. The molecule has 0 fully saturated rings. The molecule has 0 aliphatic heterocycles. The fraction of sp³-hybridized carbons (Fsp3) is 0.500. The number of aliphatic hydroxyl groups excluding tert-OH is 1. The second kappa shape index (κ2) is 8.42. The molecule has 0 aliphatic rings. The van der Waals surface area contributed by atoms with Crippen LogP contribution in [0.25, 0.3) is 0 Å². The van der Waals surface area contributed by atoms with Gasteiger partial charge in [-0.1, -0.05) is 12.1 Å². The maximum absolute atomic E-state index is 11.8. The zero-order valence-electron chi connectivity index (χ0n) is 10.9. The van der Waals surface area contributed by atoms with Crippen molar-refractivity contribution in [2.24, 2.45) is 0 Å². The van der Waals surface area contributed by atoms with Crippen LogP contribution in [0.15, 0.2) is 29.2 Å². The largest absolute Gasteiger partial charge is 0.396 e. The fourth-order valence-electron chi connectivity index (χ4n) is 1.48. The van der Waals surface area contributed by atoms with Gasteiger partial charge >= 0.3 is 0 Å². The van der Waals surface area contributed by atoms with E-state index in [0.29, 0.717) is 12.2 Å². The number of sulfonamides is 1. The van der Waals surface area contributed by atoms with Crippen molar-refractivity contribution in [1.29, 1.82) is 0 Å². The minimum atomic E-state index is -3.43. The van der Waals surface area contributed by atoms with Crippen LogP contribution < -0.4 is 10.0 Å². The van der Waals surface area contributed by atoms with Crippen molar-refractivity contribution in [3.05, 3.63) is 24.3 Å². The highest BCUT2D eigenvalue weighted by atomic mass is 32.2. The van der Waals surface area contributed by atoms with E-state index in [-0.39, 0.29) is 11.5 Å². The first-order valence-electron chi connectivity index (χ1n) is 6.07. The molecule has 0 aromatic heterocycles. The molecule has 1 aromatic carbocycles. The molecule has 1 aromatic rings. The highest BCUT2D eigenvalue weighted by molar-refractivity contribution is 7.99. The average Bonchev–Trinajstić information content (AvgIpc) is 2.43. The standard InChI is InChI=1S/C12H20N2O3S2/c1-13-19(16,17)12-6-3-2-5-11(12)14-7-10-18-9-4-8-15/h2-3,5-6,13-15H,4,7-10H2,1H3. The predicted octanol–water partition coefficient (Wildman–Crippen LogP) is 1.12. The zero-order valence-corrected chi connectivity index (χ0v) is 12.6. The van der Waals surface area contributed by atoms with Gasteiger partial charge in [-0.2, -0.15) is 11.8 Å². The van der Waals surface area contributed by atoms with Crippen LogP contribution in [-0.4, -0.2) is 45.2 Å². The van der Waals surface area contributed by atoms with E-state index >= 15 is 0 Å². The molecule has 0 unspecified atom stereocenters. The van der Waals surface area contributed by atoms with E-state index in [9.17, 15) is 8.42 Å². The Bertz CT molecular complexity index is 478. The van der Waals surface area contributed by atoms with Crippen molar-refractivity contribution >= 4 is 27.5 Å². The molecule has 1 rings (SSSR count). The van der Waals surface area contributed by atoms with Gasteiger partial charge in [0.2, 0.25) is 10.0 Å². The molecule has 0 bridgehead atoms. The molecule has 0 radical (unpaired) electrons. The molecule has 5 nitrogen and oxygen atoms in total. The highest BCUT2D eigenvalue weighted by Gasteiger charge is 2.15. The van der Waals surface area contributed by atoms with Crippen LogP contribution in [0, 0.1) is 0 Å². The van der Waals surface area contributed by atoms with E-state index in [0.717, 1.165) is 17.9 Å². The maximum atomic E-state index is 11.8. The summed E-state index contributed by atoms with van der Waals surface area (Å²) in [6.45, 7) is 0.899. The number of nitrogens with one attached hydrogen (secondary N) is 2. The van der Waals surface area contributed by atoms with Gasteiger partial charge in [-0.25, -0.2) is 13.1 Å². The first-order valence-corrected chi connectivity index (χ1v) is 8.70. The second-order valence-corrected chi connectivity index (χ2v) is 6.90. The molecule has 3 N–H and O–H groups in total. The maximum Gasteiger partial charge on any atom is 0.242 e. The lowest BCUT2D eigenvalue weighted by Crippen LogP contribution is -2.20. The zero-order chi connectivity index (χ0) is 14.1. The molecule has 0 atom stereocenters. The van der Waals surface area contributed by atoms with Gasteiger partial charge in [0, 0.05) is 18.9 Å². The van der Waals surface area contributed by atoms with Gasteiger partial charge in [-0.3, -0.25) is 0 Å². The Morgan fingerprint density at radius 2 is 2.00 bits per heavy atom. The van der Waals surface area contributed by atoms with Gasteiger partial charge in [0.25, 0.3) is 0 Å². The summed E-state index contributed by atoms with van der Waals surface area (Å²) in [5.41, 5.74) is 0.611. The number of para-hydroxylation sites is 1. The summed E-state index contributed by atoms with van der Waals surface area (Å²) in [7, 11) is -2.03. The van der Waals surface area contributed by atoms with E-state index in [1.807, 2.05) is 0 Å². The van der Waals surface area contributed by atoms with Crippen molar-refractivity contribution in [2.75, 3.05) is 37.0 Å². The van der Waals surface area contributed by atoms with Crippen molar-refractivity contribution in [2.45, 2.75) is 11.3 Å². The van der Waals surface area contributed by atoms with Gasteiger partial charge in [0.05, 0.1) is 5.69 Å². The summed E-state index contributed by atoms with van der Waals surface area (Å²) in [5.74, 6) is 1.78. The van der Waals surface area contributed by atoms with Crippen molar-refractivity contribution in [1.82, 2.24) is 4.72 Å². The van der Waals surface area contributed by atoms with Crippen LogP contribution in [0.1, 0.15) is 6.42 Å². The fourth-order valence-corrected chi connectivity index (χ4v) is 3.17. The SMILES string of the molecule is CNS(=O)(=O)c1ccccc1NCCSCCCO. The first kappa shape index (κ1) is 16.3. The molecule has 19 heavy (non-hydrogen) atoms. The summed E-state index contributed by atoms with van der Waals surface area (Å²) in [6, 6.07) is 6.83. The van der Waals surface area contributed by atoms with Crippen LogP contribution >= 0.6 is 11.8 Å². The van der Waals surface area contributed by atoms with Crippen molar-refractivity contribution in [3.8, 4) is 0 Å². The lowest BCUT2D eigenvalue weighted by atomic mass is 10.3. The van der Waals surface area contributed by atoms with Gasteiger partial charge in [0.1, 0.15) is 4.90 Å². The molecular formula is C12H20N2O3S2. The van der Waals surface area contributed by atoms with E-state index in [1.165, 1.54) is 7.05 Å². The van der Waals surface area contributed by atoms with Crippen molar-refractivity contribution < 1.29 is 13.5 Å². The number of hydrogen-bond acceptors (Lipinski definition) is 5. The lowest BCUT2D eigenvalue weighted by molar-refractivity contribution is 0.296. The third kappa shape index (κ3) is 5.40. The number of rotatable bonds is 9. The number of hydrogen-bond donors (Lipinski definition) is 3. The normalized spacial score (nSPS) is 11.5.